The predicted octanol–water partition coefficient (Wildman–Crippen LogP) is 5.47. The van der Waals surface area contributed by atoms with E-state index in [0.29, 0.717) is 22.4 Å². The van der Waals surface area contributed by atoms with Gasteiger partial charge >= 0.3 is 0 Å². The van der Waals surface area contributed by atoms with E-state index in [9.17, 15) is 5.11 Å². The second kappa shape index (κ2) is 6.62. The topological polar surface area (TPSA) is 46.2 Å². The van der Waals surface area contributed by atoms with Crippen molar-refractivity contribution in [2.75, 3.05) is 5.73 Å². The first kappa shape index (κ1) is 16.7. The SMILES string of the molecule is CC(C)c1cc(Cc2c(Cl)cc(N)cc2C(C)C)ccc1O. The molecule has 2 rings (SSSR count). The Labute approximate surface area is 137 Å². The Hall–Kier alpha value is -1.67. The Morgan fingerprint density at radius 3 is 2.23 bits per heavy atom. The number of phenolic OH excluding ortho intramolecular Hbond substituents is 1. The van der Waals surface area contributed by atoms with Crippen LogP contribution < -0.4 is 5.73 Å². The maximum absolute atomic E-state index is 9.96. The average molecular weight is 318 g/mol. The zero-order valence-corrected chi connectivity index (χ0v) is 14.4. The molecule has 0 aliphatic heterocycles. The molecule has 0 aliphatic rings. The van der Waals surface area contributed by atoms with Gasteiger partial charge in [-0.2, -0.15) is 0 Å². The van der Waals surface area contributed by atoms with Gasteiger partial charge in [0.2, 0.25) is 0 Å². The van der Waals surface area contributed by atoms with Gasteiger partial charge in [-0.3, -0.25) is 0 Å². The van der Waals surface area contributed by atoms with Crippen LogP contribution in [0, 0.1) is 0 Å². The lowest BCUT2D eigenvalue weighted by Gasteiger charge is -2.17. The van der Waals surface area contributed by atoms with Gasteiger partial charge in [0.25, 0.3) is 0 Å². The summed E-state index contributed by atoms with van der Waals surface area (Å²) in [5, 5.41) is 10.7. The van der Waals surface area contributed by atoms with Crippen LogP contribution >= 0.6 is 11.6 Å². The molecule has 0 atom stereocenters. The fourth-order valence-electron chi connectivity index (χ4n) is 2.76. The molecule has 2 aromatic rings. The molecule has 0 aliphatic carbocycles. The van der Waals surface area contributed by atoms with Crippen LogP contribution in [-0.2, 0) is 6.42 Å². The van der Waals surface area contributed by atoms with Crippen LogP contribution in [0.4, 0.5) is 5.69 Å². The average Bonchev–Trinajstić information content (AvgIpc) is 2.42. The number of rotatable bonds is 4. The smallest absolute Gasteiger partial charge is 0.119 e. The van der Waals surface area contributed by atoms with E-state index in [4.69, 9.17) is 17.3 Å². The molecule has 2 aromatic carbocycles. The minimum absolute atomic E-state index is 0.284. The van der Waals surface area contributed by atoms with Crippen LogP contribution in [0.15, 0.2) is 30.3 Å². The lowest BCUT2D eigenvalue weighted by molar-refractivity contribution is 0.464. The molecule has 0 aromatic heterocycles. The Morgan fingerprint density at radius 1 is 1.00 bits per heavy atom. The van der Waals surface area contributed by atoms with Crippen molar-refractivity contribution in [2.45, 2.75) is 46.0 Å². The largest absolute Gasteiger partial charge is 0.508 e. The number of nitrogen functional groups attached to an aromatic ring is 1. The molecule has 3 heteroatoms. The molecule has 0 radical (unpaired) electrons. The number of benzene rings is 2. The van der Waals surface area contributed by atoms with Crippen molar-refractivity contribution >= 4 is 17.3 Å². The van der Waals surface area contributed by atoms with Crippen molar-refractivity contribution < 1.29 is 5.11 Å². The van der Waals surface area contributed by atoms with Crippen LogP contribution in [0.25, 0.3) is 0 Å². The van der Waals surface area contributed by atoms with Crippen molar-refractivity contribution in [1.29, 1.82) is 0 Å². The monoisotopic (exact) mass is 317 g/mol. The van der Waals surface area contributed by atoms with Crippen LogP contribution in [0.2, 0.25) is 5.02 Å². The highest BCUT2D eigenvalue weighted by atomic mass is 35.5. The van der Waals surface area contributed by atoms with Gasteiger partial charge in [-0.1, -0.05) is 51.4 Å². The van der Waals surface area contributed by atoms with E-state index < -0.39 is 0 Å². The summed E-state index contributed by atoms with van der Waals surface area (Å²) in [6, 6.07) is 9.61. The number of aromatic hydroxyl groups is 1. The normalized spacial score (nSPS) is 11.4. The Balaban J connectivity index is 2.45. The molecule has 0 amide bonds. The van der Waals surface area contributed by atoms with Crippen molar-refractivity contribution in [2.24, 2.45) is 0 Å². The van der Waals surface area contributed by atoms with Gasteiger partial charge in [0, 0.05) is 10.7 Å². The summed E-state index contributed by atoms with van der Waals surface area (Å²) in [5.41, 5.74) is 11.0. The van der Waals surface area contributed by atoms with E-state index in [0.717, 1.165) is 23.1 Å². The van der Waals surface area contributed by atoms with Gasteiger partial charge in [-0.05, 0) is 58.7 Å². The summed E-state index contributed by atoms with van der Waals surface area (Å²) in [6.07, 6.45) is 0.743. The standard InChI is InChI=1S/C19H24ClNO/c1-11(2)15-9-14(21)10-18(20)17(15)8-13-5-6-19(22)16(7-13)12(3)4/h5-7,9-12,22H,8,21H2,1-4H3. The van der Waals surface area contributed by atoms with Gasteiger partial charge in [0.15, 0.2) is 0 Å². The Morgan fingerprint density at radius 2 is 1.64 bits per heavy atom. The minimum Gasteiger partial charge on any atom is -0.508 e. The second-order valence-corrected chi connectivity index (χ2v) is 6.86. The van der Waals surface area contributed by atoms with E-state index in [1.54, 1.807) is 6.07 Å². The summed E-state index contributed by atoms with van der Waals surface area (Å²) in [5.74, 6) is 0.996. The molecule has 22 heavy (non-hydrogen) atoms. The van der Waals surface area contributed by atoms with Gasteiger partial charge in [0.1, 0.15) is 5.75 Å². The van der Waals surface area contributed by atoms with Gasteiger partial charge < -0.3 is 10.8 Å². The second-order valence-electron chi connectivity index (χ2n) is 6.45. The fraction of sp³-hybridized carbons (Fsp3) is 0.368. The lowest BCUT2D eigenvalue weighted by atomic mass is 9.91. The summed E-state index contributed by atoms with van der Waals surface area (Å²) >= 11 is 6.43. The van der Waals surface area contributed by atoms with E-state index in [-0.39, 0.29) is 5.92 Å². The number of phenols is 1. The lowest BCUT2D eigenvalue weighted by Crippen LogP contribution is -2.02. The van der Waals surface area contributed by atoms with Gasteiger partial charge in [0.05, 0.1) is 0 Å². The number of halogens is 1. The zero-order valence-electron chi connectivity index (χ0n) is 13.7. The third-order valence-electron chi connectivity index (χ3n) is 3.97. The highest BCUT2D eigenvalue weighted by molar-refractivity contribution is 6.31. The first-order valence-electron chi connectivity index (χ1n) is 7.69. The molecular weight excluding hydrogens is 294 g/mol. The molecule has 0 unspecified atom stereocenters. The molecule has 3 N–H and O–H groups in total. The van der Waals surface area contributed by atoms with Crippen LogP contribution in [0.3, 0.4) is 0 Å². The molecule has 0 spiro atoms. The first-order chi connectivity index (χ1) is 10.3. The number of hydrogen-bond acceptors (Lipinski definition) is 2. The third-order valence-corrected chi connectivity index (χ3v) is 4.31. The van der Waals surface area contributed by atoms with Gasteiger partial charge in [-0.25, -0.2) is 0 Å². The molecule has 0 bridgehead atoms. The Kier molecular flexibility index (Phi) is 5.02. The quantitative estimate of drug-likeness (QED) is 0.735. The predicted molar refractivity (Wildman–Crippen MR) is 95.0 cm³/mol. The van der Waals surface area contributed by atoms with Crippen LogP contribution in [0.5, 0.6) is 5.75 Å². The summed E-state index contributed by atoms with van der Waals surface area (Å²) < 4.78 is 0. The minimum atomic E-state index is 0.284. The summed E-state index contributed by atoms with van der Waals surface area (Å²) in [4.78, 5) is 0. The van der Waals surface area contributed by atoms with Crippen LogP contribution in [0.1, 0.15) is 61.8 Å². The highest BCUT2D eigenvalue weighted by Crippen LogP contribution is 2.33. The third kappa shape index (κ3) is 3.56. The van der Waals surface area contributed by atoms with Crippen molar-refractivity contribution in [1.82, 2.24) is 0 Å². The highest BCUT2D eigenvalue weighted by Gasteiger charge is 2.14. The molecular formula is C19H24ClNO. The van der Waals surface area contributed by atoms with Crippen LogP contribution in [-0.4, -0.2) is 5.11 Å². The summed E-state index contributed by atoms with van der Waals surface area (Å²) in [7, 11) is 0. The van der Waals surface area contributed by atoms with Crippen molar-refractivity contribution in [3.63, 3.8) is 0 Å². The van der Waals surface area contributed by atoms with Gasteiger partial charge in [-0.15, -0.1) is 0 Å². The molecule has 0 heterocycles. The number of nitrogens with two attached hydrogens (primary N) is 1. The van der Waals surface area contributed by atoms with Crippen molar-refractivity contribution in [3.05, 3.63) is 57.6 Å². The molecule has 0 saturated heterocycles. The first-order valence-corrected chi connectivity index (χ1v) is 8.07. The fourth-order valence-corrected chi connectivity index (χ4v) is 3.06. The van der Waals surface area contributed by atoms with E-state index in [2.05, 4.69) is 33.8 Å². The molecule has 0 fully saturated rings. The van der Waals surface area contributed by atoms with E-state index >= 15 is 0 Å². The van der Waals surface area contributed by atoms with E-state index in [1.807, 2.05) is 18.2 Å². The maximum Gasteiger partial charge on any atom is 0.119 e. The summed E-state index contributed by atoms with van der Waals surface area (Å²) in [6.45, 7) is 8.44. The zero-order chi connectivity index (χ0) is 16.4. The number of anilines is 1. The van der Waals surface area contributed by atoms with E-state index in [1.165, 1.54) is 5.56 Å². The maximum atomic E-state index is 9.96. The molecule has 2 nitrogen and oxygen atoms in total. The number of hydrogen-bond donors (Lipinski definition) is 2. The molecule has 0 saturated carbocycles. The Bertz CT molecular complexity index is 677. The van der Waals surface area contributed by atoms with Crippen molar-refractivity contribution in [3.8, 4) is 5.75 Å². The molecule has 118 valence electrons.